The summed E-state index contributed by atoms with van der Waals surface area (Å²) in [5, 5.41) is 5.71. The van der Waals surface area contributed by atoms with E-state index in [1.54, 1.807) is 0 Å². The largest absolute Gasteiger partial charge is 0.326 e. The molecule has 0 radical (unpaired) electrons. The predicted octanol–water partition coefficient (Wildman–Crippen LogP) is 1.76. The Balaban J connectivity index is 2.05. The first-order valence-electron chi connectivity index (χ1n) is 5.54. The van der Waals surface area contributed by atoms with Gasteiger partial charge in [0.25, 0.3) is 0 Å². The fourth-order valence-corrected chi connectivity index (χ4v) is 1.97. The summed E-state index contributed by atoms with van der Waals surface area (Å²) >= 11 is 0. The van der Waals surface area contributed by atoms with Crippen LogP contribution in [-0.4, -0.2) is 19.0 Å². The van der Waals surface area contributed by atoms with Gasteiger partial charge in [0.05, 0.1) is 5.92 Å². The molecule has 17 heavy (non-hydrogen) atoms. The number of hydrogen-bond acceptors (Lipinski definition) is 2. The highest BCUT2D eigenvalue weighted by Gasteiger charge is 2.29. The molecule has 92 valence electrons. The molecule has 1 saturated heterocycles. The minimum Gasteiger partial charge on any atom is -0.326 e. The van der Waals surface area contributed by atoms with Crippen LogP contribution < -0.4 is 10.6 Å². The smallest absolute Gasteiger partial charge is 0.229 e. The Hall–Kier alpha value is -1.49. The highest BCUT2D eigenvalue weighted by molar-refractivity contribution is 5.93. The topological polar surface area (TPSA) is 41.1 Å². The third-order valence-corrected chi connectivity index (χ3v) is 3.04. The van der Waals surface area contributed by atoms with E-state index >= 15 is 0 Å². The molecule has 1 heterocycles. The van der Waals surface area contributed by atoms with Gasteiger partial charge >= 0.3 is 0 Å². The van der Waals surface area contributed by atoms with Gasteiger partial charge in [0, 0.05) is 18.3 Å². The molecule has 3 nitrogen and oxygen atoms in total. The predicted molar refractivity (Wildman–Crippen MR) is 60.5 cm³/mol. The van der Waals surface area contributed by atoms with Crippen LogP contribution in [0.15, 0.2) is 18.2 Å². The van der Waals surface area contributed by atoms with Gasteiger partial charge in [0.2, 0.25) is 5.91 Å². The van der Waals surface area contributed by atoms with Crippen molar-refractivity contribution in [2.75, 3.05) is 18.4 Å². The van der Waals surface area contributed by atoms with Gasteiger partial charge < -0.3 is 10.6 Å². The summed E-state index contributed by atoms with van der Waals surface area (Å²) in [6.45, 7) is 3.40. The fraction of sp³-hybridized carbons (Fsp3) is 0.417. The van der Waals surface area contributed by atoms with Gasteiger partial charge in [-0.3, -0.25) is 4.79 Å². The average Bonchev–Trinajstić information content (AvgIpc) is 2.70. The number of nitrogens with one attached hydrogen (secondary N) is 2. The monoisotopic (exact) mass is 240 g/mol. The van der Waals surface area contributed by atoms with E-state index in [2.05, 4.69) is 10.6 Å². The third kappa shape index (κ3) is 2.61. The van der Waals surface area contributed by atoms with Crippen LogP contribution in [0.3, 0.4) is 0 Å². The minimum absolute atomic E-state index is 0.122. The molecule has 0 saturated carbocycles. The molecular weight excluding hydrogens is 226 g/mol. The van der Waals surface area contributed by atoms with Crippen LogP contribution in [-0.2, 0) is 4.79 Å². The second-order valence-electron chi connectivity index (χ2n) is 4.36. The zero-order valence-corrected chi connectivity index (χ0v) is 9.47. The first-order chi connectivity index (χ1) is 8.08. The van der Waals surface area contributed by atoms with Gasteiger partial charge in [-0.15, -0.1) is 0 Å². The number of rotatable bonds is 2. The van der Waals surface area contributed by atoms with E-state index in [0.717, 1.165) is 18.7 Å². The maximum absolute atomic E-state index is 12.9. The maximum Gasteiger partial charge on any atom is 0.229 e. The molecule has 0 aromatic heterocycles. The quantitative estimate of drug-likeness (QED) is 0.827. The summed E-state index contributed by atoms with van der Waals surface area (Å²) in [5.74, 6) is -1.91. The molecular formula is C12H14F2N2O. The van der Waals surface area contributed by atoms with Crippen LogP contribution in [0.25, 0.3) is 0 Å². The van der Waals surface area contributed by atoms with Crippen molar-refractivity contribution in [3.05, 3.63) is 29.8 Å². The lowest BCUT2D eigenvalue weighted by molar-refractivity contribution is -0.120. The Labute approximate surface area is 98.2 Å². The zero-order chi connectivity index (χ0) is 12.4. The summed E-state index contributed by atoms with van der Waals surface area (Å²) in [7, 11) is 0. The van der Waals surface area contributed by atoms with Crippen LogP contribution in [0.1, 0.15) is 6.92 Å². The van der Waals surface area contributed by atoms with Crippen molar-refractivity contribution in [3.8, 4) is 0 Å². The highest BCUT2D eigenvalue weighted by Crippen LogP contribution is 2.19. The molecule has 5 heteroatoms. The molecule has 1 aromatic rings. The van der Waals surface area contributed by atoms with Gasteiger partial charge in [-0.1, -0.05) is 6.92 Å². The Bertz CT molecular complexity index is 437. The molecule has 2 unspecified atom stereocenters. The van der Waals surface area contributed by atoms with E-state index in [1.165, 1.54) is 6.07 Å². The van der Waals surface area contributed by atoms with Gasteiger partial charge in [0.1, 0.15) is 0 Å². The summed E-state index contributed by atoms with van der Waals surface area (Å²) < 4.78 is 25.6. The van der Waals surface area contributed by atoms with Crippen LogP contribution in [0.4, 0.5) is 14.5 Å². The highest BCUT2D eigenvalue weighted by atomic mass is 19.2. The van der Waals surface area contributed by atoms with Gasteiger partial charge in [-0.25, -0.2) is 8.78 Å². The molecule has 1 amide bonds. The number of carbonyl (C=O) groups is 1. The SMILES string of the molecule is CC1CNCC1C(=O)Nc1ccc(F)c(F)c1. The van der Waals surface area contributed by atoms with Crippen molar-refractivity contribution in [1.82, 2.24) is 5.32 Å². The maximum atomic E-state index is 12.9. The summed E-state index contributed by atoms with van der Waals surface area (Å²) in [5.41, 5.74) is 0.285. The Morgan fingerprint density at radius 2 is 2.12 bits per heavy atom. The standard InChI is InChI=1S/C12H14F2N2O/c1-7-5-15-6-9(7)12(17)16-8-2-3-10(13)11(14)4-8/h2-4,7,9,15H,5-6H2,1H3,(H,16,17). The zero-order valence-electron chi connectivity index (χ0n) is 9.47. The van der Waals surface area contributed by atoms with E-state index in [1.807, 2.05) is 6.92 Å². The Morgan fingerprint density at radius 3 is 2.71 bits per heavy atom. The molecule has 0 bridgehead atoms. The average molecular weight is 240 g/mol. The van der Waals surface area contributed by atoms with E-state index in [-0.39, 0.29) is 23.4 Å². The van der Waals surface area contributed by atoms with E-state index in [0.29, 0.717) is 6.54 Å². The Morgan fingerprint density at radius 1 is 1.35 bits per heavy atom. The van der Waals surface area contributed by atoms with E-state index in [9.17, 15) is 13.6 Å². The van der Waals surface area contributed by atoms with Gasteiger partial charge in [-0.05, 0) is 24.6 Å². The van der Waals surface area contributed by atoms with Gasteiger partial charge in [-0.2, -0.15) is 0 Å². The number of benzene rings is 1. The third-order valence-electron chi connectivity index (χ3n) is 3.04. The molecule has 1 aliphatic rings. The first kappa shape index (κ1) is 12.0. The van der Waals surface area contributed by atoms with Crippen molar-refractivity contribution in [2.45, 2.75) is 6.92 Å². The number of carbonyl (C=O) groups excluding carboxylic acids is 1. The molecule has 2 rings (SSSR count). The van der Waals surface area contributed by atoms with Crippen LogP contribution >= 0.6 is 0 Å². The van der Waals surface area contributed by atoms with Crippen LogP contribution in [0, 0.1) is 23.5 Å². The number of amides is 1. The Kier molecular flexibility index (Phi) is 3.38. The lowest BCUT2D eigenvalue weighted by Crippen LogP contribution is -2.27. The van der Waals surface area contributed by atoms with Crippen molar-refractivity contribution >= 4 is 11.6 Å². The summed E-state index contributed by atoms with van der Waals surface area (Å²) in [6.07, 6.45) is 0. The van der Waals surface area contributed by atoms with E-state index < -0.39 is 11.6 Å². The summed E-state index contributed by atoms with van der Waals surface area (Å²) in [4.78, 5) is 11.9. The second kappa shape index (κ2) is 4.79. The second-order valence-corrected chi connectivity index (χ2v) is 4.36. The number of anilines is 1. The molecule has 0 aliphatic carbocycles. The first-order valence-corrected chi connectivity index (χ1v) is 5.54. The van der Waals surface area contributed by atoms with Crippen molar-refractivity contribution in [1.29, 1.82) is 0 Å². The molecule has 2 N–H and O–H groups in total. The molecule has 1 fully saturated rings. The number of hydrogen-bond donors (Lipinski definition) is 2. The lowest BCUT2D eigenvalue weighted by Gasteiger charge is -2.14. The van der Waals surface area contributed by atoms with Crippen LogP contribution in [0.5, 0.6) is 0 Å². The van der Waals surface area contributed by atoms with Gasteiger partial charge in [0.15, 0.2) is 11.6 Å². The minimum atomic E-state index is -0.958. The van der Waals surface area contributed by atoms with E-state index in [4.69, 9.17) is 0 Å². The normalized spacial score (nSPS) is 23.7. The number of halogens is 2. The fourth-order valence-electron chi connectivity index (χ4n) is 1.97. The van der Waals surface area contributed by atoms with Crippen LogP contribution in [0.2, 0.25) is 0 Å². The van der Waals surface area contributed by atoms with Crippen molar-refractivity contribution in [3.63, 3.8) is 0 Å². The van der Waals surface area contributed by atoms with Crippen molar-refractivity contribution < 1.29 is 13.6 Å². The van der Waals surface area contributed by atoms with Crippen molar-refractivity contribution in [2.24, 2.45) is 11.8 Å². The molecule has 1 aromatic carbocycles. The lowest BCUT2D eigenvalue weighted by atomic mass is 9.97. The molecule has 0 spiro atoms. The summed E-state index contributed by atoms with van der Waals surface area (Å²) in [6, 6.07) is 3.34. The molecule has 1 aliphatic heterocycles. The molecule has 2 atom stereocenters.